The number of aromatic nitrogens is 2. The Morgan fingerprint density at radius 1 is 0.489 bits per heavy atom. The number of anilines is 2. The molecule has 0 amide bonds. The molecule has 1 aliphatic carbocycles. The molecule has 1 aromatic heterocycles. The van der Waals surface area contributed by atoms with Gasteiger partial charge in [0.2, 0.25) is 0 Å². The molecule has 1 N–H and O–H groups in total. The van der Waals surface area contributed by atoms with Gasteiger partial charge in [-0.05, 0) is 74.5 Å². The molecule has 0 saturated carbocycles. The van der Waals surface area contributed by atoms with Gasteiger partial charge in [-0.25, -0.2) is 4.98 Å². The van der Waals surface area contributed by atoms with Crippen LogP contribution in [0.5, 0.6) is 0 Å². The topological polar surface area (TPSA) is 37.8 Å². The van der Waals surface area contributed by atoms with Crippen LogP contribution < -0.4 is 5.32 Å². The molecular formula is C42H29N3. The summed E-state index contributed by atoms with van der Waals surface area (Å²) in [6.07, 6.45) is 1.91. The lowest BCUT2D eigenvalue weighted by atomic mass is 9.98. The fraction of sp³-hybridized carbons (Fsp3) is 0.0476. The molecule has 0 bridgehead atoms. The molecule has 9 rings (SSSR count). The van der Waals surface area contributed by atoms with E-state index in [1.807, 2.05) is 6.20 Å². The van der Waals surface area contributed by atoms with E-state index in [2.05, 4.69) is 152 Å². The molecule has 45 heavy (non-hydrogen) atoms. The highest BCUT2D eigenvalue weighted by molar-refractivity contribution is 6.23. The van der Waals surface area contributed by atoms with Crippen LogP contribution in [0.15, 0.2) is 146 Å². The van der Waals surface area contributed by atoms with Crippen molar-refractivity contribution in [2.75, 3.05) is 5.32 Å². The third-order valence-electron chi connectivity index (χ3n) is 9.33. The van der Waals surface area contributed by atoms with Gasteiger partial charge in [-0.15, -0.1) is 0 Å². The number of nitrogens with zero attached hydrogens (tertiary/aromatic N) is 2. The maximum absolute atomic E-state index is 5.19. The van der Waals surface area contributed by atoms with Crippen LogP contribution in [0.3, 0.4) is 0 Å². The summed E-state index contributed by atoms with van der Waals surface area (Å²) in [7, 11) is 0. The standard InChI is InChI=1S/C42H29N3/c1-26-32-11-2-3-12-33(32)36-22-21-31(24-39(26)36)44-30-19-17-27(18-20-30)28-9-8-10-29(23-28)40-25-43-41-37-15-6-4-13-34(37)35-14-5-7-16-38(35)42(41)45-40/h2-26,44H,1H3. The monoisotopic (exact) mass is 575 g/mol. The molecule has 0 aliphatic heterocycles. The quantitative estimate of drug-likeness (QED) is 0.212. The Balaban J connectivity index is 1.02. The normalized spacial score (nSPS) is 13.7. The van der Waals surface area contributed by atoms with Crippen molar-refractivity contribution in [2.45, 2.75) is 12.8 Å². The van der Waals surface area contributed by atoms with Crippen molar-refractivity contribution in [3.8, 4) is 33.5 Å². The molecular weight excluding hydrogens is 546 g/mol. The number of rotatable bonds is 4. The zero-order valence-corrected chi connectivity index (χ0v) is 24.8. The molecule has 0 fully saturated rings. The lowest BCUT2D eigenvalue weighted by Crippen LogP contribution is -1.94. The zero-order chi connectivity index (χ0) is 29.9. The van der Waals surface area contributed by atoms with Crippen LogP contribution in [0.25, 0.3) is 66.1 Å². The van der Waals surface area contributed by atoms with Crippen molar-refractivity contribution in [1.29, 1.82) is 0 Å². The van der Waals surface area contributed by atoms with E-state index in [4.69, 9.17) is 9.97 Å². The Kier molecular flexibility index (Phi) is 5.79. The first-order valence-electron chi connectivity index (χ1n) is 15.5. The SMILES string of the molecule is CC1c2ccccc2-c2ccc(Nc3ccc(-c4cccc(-c5cnc6c7ccccc7c7ccccc7c6n5)c4)cc3)cc21. The second-order valence-electron chi connectivity index (χ2n) is 11.9. The summed E-state index contributed by atoms with van der Waals surface area (Å²) < 4.78 is 0. The van der Waals surface area contributed by atoms with Crippen LogP contribution in [-0.4, -0.2) is 9.97 Å². The van der Waals surface area contributed by atoms with Crippen molar-refractivity contribution >= 4 is 44.0 Å². The summed E-state index contributed by atoms with van der Waals surface area (Å²) in [6, 6.07) is 49.7. The molecule has 3 heteroatoms. The van der Waals surface area contributed by atoms with Crippen molar-refractivity contribution in [2.24, 2.45) is 0 Å². The van der Waals surface area contributed by atoms with Gasteiger partial charge in [-0.1, -0.05) is 116 Å². The second-order valence-corrected chi connectivity index (χ2v) is 11.9. The average Bonchev–Trinajstić information content (AvgIpc) is 3.39. The van der Waals surface area contributed by atoms with Crippen LogP contribution in [-0.2, 0) is 0 Å². The third kappa shape index (κ3) is 4.20. The number of benzene rings is 7. The second kappa shape index (κ2) is 10.1. The summed E-state index contributed by atoms with van der Waals surface area (Å²) >= 11 is 0. The molecule has 0 radical (unpaired) electrons. The number of nitrogens with one attached hydrogen (secondary N) is 1. The fourth-order valence-electron chi connectivity index (χ4n) is 7.06. The molecule has 8 aromatic rings. The van der Waals surface area contributed by atoms with Crippen molar-refractivity contribution in [3.05, 3.63) is 157 Å². The number of hydrogen-bond acceptors (Lipinski definition) is 3. The Morgan fingerprint density at radius 2 is 1.13 bits per heavy atom. The predicted molar refractivity (Wildman–Crippen MR) is 188 cm³/mol. The Morgan fingerprint density at radius 3 is 1.93 bits per heavy atom. The maximum atomic E-state index is 5.19. The van der Waals surface area contributed by atoms with Gasteiger partial charge in [0.25, 0.3) is 0 Å². The van der Waals surface area contributed by atoms with Gasteiger partial charge in [-0.3, -0.25) is 4.98 Å². The first kappa shape index (κ1) is 25.7. The summed E-state index contributed by atoms with van der Waals surface area (Å²) in [5, 5.41) is 8.29. The van der Waals surface area contributed by atoms with E-state index >= 15 is 0 Å². The molecule has 212 valence electrons. The van der Waals surface area contributed by atoms with Gasteiger partial charge < -0.3 is 5.32 Å². The molecule has 7 aromatic carbocycles. The Hall–Kier alpha value is -5.80. The van der Waals surface area contributed by atoms with E-state index in [1.165, 1.54) is 33.0 Å². The molecule has 1 unspecified atom stereocenters. The fourth-order valence-corrected chi connectivity index (χ4v) is 7.06. The number of fused-ring (bicyclic) bond motifs is 9. The molecule has 1 heterocycles. The molecule has 1 atom stereocenters. The number of hydrogen-bond donors (Lipinski definition) is 1. The van der Waals surface area contributed by atoms with E-state index in [0.29, 0.717) is 5.92 Å². The van der Waals surface area contributed by atoms with E-state index in [1.54, 1.807) is 0 Å². The van der Waals surface area contributed by atoms with Gasteiger partial charge in [0.1, 0.15) is 0 Å². The minimum atomic E-state index is 0.401. The zero-order valence-electron chi connectivity index (χ0n) is 24.8. The van der Waals surface area contributed by atoms with Crippen molar-refractivity contribution in [3.63, 3.8) is 0 Å². The predicted octanol–water partition coefficient (Wildman–Crippen LogP) is 11.1. The van der Waals surface area contributed by atoms with Crippen LogP contribution in [0.1, 0.15) is 24.0 Å². The Labute approximate surface area is 261 Å². The van der Waals surface area contributed by atoms with E-state index < -0.39 is 0 Å². The van der Waals surface area contributed by atoms with Crippen molar-refractivity contribution in [1.82, 2.24) is 9.97 Å². The van der Waals surface area contributed by atoms with Crippen molar-refractivity contribution < 1.29 is 0 Å². The average molecular weight is 576 g/mol. The van der Waals surface area contributed by atoms with Crippen LogP contribution in [0, 0.1) is 0 Å². The molecule has 0 saturated heterocycles. The summed E-state index contributed by atoms with van der Waals surface area (Å²) in [6.45, 7) is 2.30. The smallest absolute Gasteiger partial charge is 0.0979 e. The van der Waals surface area contributed by atoms with Gasteiger partial charge in [-0.2, -0.15) is 0 Å². The highest BCUT2D eigenvalue weighted by Crippen LogP contribution is 2.45. The minimum Gasteiger partial charge on any atom is -0.356 e. The van der Waals surface area contributed by atoms with Gasteiger partial charge in [0.05, 0.1) is 22.9 Å². The van der Waals surface area contributed by atoms with Gasteiger partial charge >= 0.3 is 0 Å². The van der Waals surface area contributed by atoms with E-state index in [-0.39, 0.29) is 0 Å². The summed E-state index contributed by atoms with van der Waals surface area (Å²) in [4.78, 5) is 10.1. The van der Waals surface area contributed by atoms with Gasteiger partial charge in [0.15, 0.2) is 0 Å². The van der Waals surface area contributed by atoms with Crippen LogP contribution >= 0.6 is 0 Å². The molecule has 3 nitrogen and oxygen atoms in total. The first-order valence-corrected chi connectivity index (χ1v) is 15.5. The Bertz CT molecular complexity index is 2390. The minimum absolute atomic E-state index is 0.401. The van der Waals surface area contributed by atoms with Crippen LogP contribution in [0.4, 0.5) is 11.4 Å². The molecule has 1 aliphatic rings. The first-order chi connectivity index (χ1) is 22.2. The molecule has 0 spiro atoms. The largest absolute Gasteiger partial charge is 0.356 e. The highest BCUT2D eigenvalue weighted by atomic mass is 14.9. The van der Waals surface area contributed by atoms with Crippen LogP contribution in [0.2, 0.25) is 0 Å². The lowest BCUT2D eigenvalue weighted by Gasteiger charge is -2.12. The summed E-state index contributed by atoms with van der Waals surface area (Å²) in [5.74, 6) is 0.401. The van der Waals surface area contributed by atoms with Gasteiger partial charge in [0, 0.05) is 33.6 Å². The third-order valence-corrected chi connectivity index (χ3v) is 9.33. The lowest BCUT2D eigenvalue weighted by molar-refractivity contribution is 0.957. The highest BCUT2D eigenvalue weighted by Gasteiger charge is 2.25. The summed E-state index contributed by atoms with van der Waals surface area (Å²) in [5.41, 5.74) is 13.8. The van der Waals surface area contributed by atoms with E-state index in [0.717, 1.165) is 55.6 Å². The van der Waals surface area contributed by atoms with E-state index in [9.17, 15) is 0 Å². The maximum Gasteiger partial charge on any atom is 0.0979 e.